The van der Waals surface area contributed by atoms with Crippen LogP contribution in [0.1, 0.15) is 25.0 Å². The summed E-state index contributed by atoms with van der Waals surface area (Å²) in [5.74, 6) is -0.273. The van der Waals surface area contributed by atoms with E-state index in [1.54, 1.807) is 12.1 Å². The number of halogens is 1. The first-order valence-corrected chi connectivity index (χ1v) is 9.03. The predicted octanol–water partition coefficient (Wildman–Crippen LogP) is 3.59. The number of hydrogen-bond acceptors (Lipinski definition) is 2. The molecule has 2 aromatic rings. The number of rotatable bonds is 4. The lowest BCUT2D eigenvalue weighted by Gasteiger charge is -2.37. The van der Waals surface area contributed by atoms with E-state index in [4.69, 9.17) is 0 Å². The Kier molecular flexibility index (Phi) is 5.57. The molecule has 1 fully saturated rings. The molecule has 0 spiro atoms. The SMILES string of the molecule is CC(C)(NC(=O)N1CCN(Cc2ccccc2)CC1)c1ccc(F)cc1. The highest BCUT2D eigenvalue weighted by Crippen LogP contribution is 2.21. The molecule has 1 aliphatic heterocycles. The Balaban J connectivity index is 1.52. The van der Waals surface area contributed by atoms with Crippen molar-refractivity contribution >= 4 is 6.03 Å². The molecular formula is C21H26FN3O. The molecule has 4 nitrogen and oxygen atoms in total. The van der Waals surface area contributed by atoms with Crippen LogP contribution in [0.5, 0.6) is 0 Å². The molecule has 1 N–H and O–H groups in total. The molecule has 0 unspecified atom stereocenters. The van der Waals surface area contributed by atoms with Crippen LogP contribution in [0.4, 0.5) is 9.18 Å². The fourth-order valence-corrected chi connectivity index (χ4v) is 3.24. The summed E-state index contributed by atoms with van der Waals surface area (Å²) in [6, 6.07) is 16.6. The van der Waals surface area contributed by atoms with Gasteiger partial charge in [-0.15, -0.1) is 0 Å². The summed E-state index contributed by atoms with van der Waals surface area (Å²) in [6.45, 7) is 7.92. The van der Waals surface area contributed by atoms with Crippen molar-refractivity contribution in [2.45, 2.75) is 25.9 Å². The van der Waals surface area contributed by atoms with E-state index >= 15 is 0 Å². The topological polar surface area (TPSA) is 35.6 Å². The zero-order valence-corrected chi connectivity index (χ0v) is 15.4. The Morgan fingerprint density at radius 2 is 1.62 bits per heavy atom. The average molecular weight is 355 g/mol. The summed E-state index contributed by atoms with van der Waals surface area (Å²) < 4.78 is 13.1. The molecule has 3 rings (SSSR count). The summed E-state index contributed by atoms with van der Waals surface area (Å²) in [5, 5.41) is 3.07. The minimum Gasteiger partial charge on any atom is -0.329 e. The van der Waals surface area contributed by atoms with Crippen LogP contribution in [0.25, 0.3) is 0 Å². The number of carbonyl (C=O) groups is 1. The minimum absolute atomic E-state index is 0.0707. The Morgan fingerprint density at radius 1 is 1.00 bits per heavy atom. The van der Waals surface area contributed by atoms with Crippen LogP contribution in [0.2, 0.25) is 0 Å². The van der Waals surface area contributed by atoms with Crippen molar-refractivity contribution in [1.29, 1.82) is 0 Å². The maximum Gasteiger partial charge on any atom is 0.318 e. The Labute approximate surface area is 154 Å². The molecule has 5 heteroatoms. The van der Waals surface area contributed by atoms with Crippen molar-refractivity contribution in [3.8, 4) is 0 Å². The molecule has 2 aromatic carbocycles. The van der Waals surface area contributed by atoms with Gasteiger partial charge in [0.05, 0.1) is 5.54 Å². The first kappa shape index (κ1) is 18.4. The normalized spacial score (nSPS) is 15.7. The van der Waals surface area contributed by atoms with E-state index in [9.17, 15) is 9.18 Å². The molecule has 0 bridgehead atoms. The number of urea groups is 1. The van der Waals surface area contributed by atoms with Gasteiger partial charge in [0.15, 0.2) is 0 Å². The molecule has 1 saturated heterocycles. The summed E-state index contributed by atoms with van der Waals surface area (Å²) in [4.78, 5) is 16.9. The van der Waals surface area contributed by atoms with Gasteiger partial charge in [-0.25, -0.2) is 9.18 Å². The van der Waals surface area contributed by atoms with E-state index in [1.807, 2.05) is 24.8 Å². The van der Waals surface area contributed by atoms with Gasteiger partial charge in [0.25, 0.3) is 0 Å². The second-order valence-electron chi connectivity index (χ2n) is 7.31. The van der Waals surface area contributed by atoms with Crippen LogP contribution in [0.3, 0.4) is 0 Å². The van der Waals surface area contributed by atoms with E-state index in [-0.39, 0.29) is 11.8 Å². The lowest BCUT2D eigenvalue weighted by molar-refractivity contribution is 0.130. The molecule has 1 heterocycles. The second-order valence-corrected chi connectivity index (χ2v) is 7.31. The van der Waals surface area contributed by atoms with E-state index < -0.39 is 5.54 Å². The number of nitrogens with one attached hydrogen (secondary N) is 1. The molecular weight excluding hydrogens is 329 g/mol. The molecule has 26 heavy (non-hydrogen) atoms. The third kappa shape index (κ3) is 4.61. The standard InChI is InChI=1S/C21H26FN3O/c1-21(2,18-8-10-19(22)11-9-18)23-20(26)25-14-12-24(13-15-25)16-17-6-4-3-5-7-17/h3-11H,12-16H2,1-2H3,(H,23,26). The largest absolute Gasteiger partial charge is 0.329 e. The van der Waals surface area contributed by atoms with Crippen molar-refractivity contribution in [3.05, 3.63) is 71.5 Å². The van der Waals surface area contributed by atoms with E-state index in [2.05, 4.69) is 34.5 Å². The van der Waals surface area contributed by atoms with Gasteiger partial charge in [0.1, 0.15) is 5.82 Å². The van der Waals surface area contributed by atoms with E-state index in [0.717, 1.165) is 25.2 Å². The molecule has 138 valence electrons. The maximum atomic E-state index is 13.1. The molecule has 0 aromatic heterocycles. The highest BCUT2D eigenvalue weighted by atomic mass is 19.1. The fraction of sp³-hybridized carbons (Fsp3) is 0.381. The number of benzene rings is 2. The van der Waals surface area contributed by atoms with Crippen LogP contribution in [0.15, 0.2) is 54.6 Å². The maximum absolute atomic E-state index is 13.1. The first-order valence-electron chi connectivity index (χ1n) is 9.03. The summed E-state index contributed by atoms with van der Waals surface area (Å²) >= 11 is 0. The van der Waals surface area contributed by atoms with Crippen molar-refractivity contribution < 1.29 is 9.18 Å². The molecule has 0 saturated carbocycles. The van der Waals surface area contributed by atoms with Crippen LogP contribution < -0.4 is 5.32 Å². The van der Waals surface area contributed by atoms with E-state index in [1.165, 1.54) is 17.7 Å². The number of amides is 2. The Morgan fingerprint density at radius 3 is 2.23 bits per heavy atom. The lowest BCUT2D eigenvalue weighted by atomic mass is 9.94. The average Bonchev–Trinajstić information content (AvgIpc) is 2.63. The number of piperazine rings is 1. The van der Waals surface area contributed by atoms with Gasteiger partial charge in [-0.3, -0.25) is 4.90 Å². The highest BCUT2D eigenvalue weighted by molar-refractivity contribution is 5.75. The minimum atomic E-state index is -0.550. The molecule has 0 aliphatic carbocycles. The monoisotopic (exact) mass is 355 g/mol. The van der Waals surface area contributed by atoms with Gasteiger partial charge in [-0.2, -0.15) is 0 Å². The van der Waals surface area contributed by atoms with Gasteiger partial charge in [0.2, 0.25) is 0 Å². The van der Waals surface area contributed by atoms with Crippen molar-refractivity contribution in [2.75, 3.05) is 26.2 Å². The Hall–Kier alpha value is -2.40. The Bertz CT molecular complexity index is 723. The molecule has 1 aliphatic rings. The van der Waals surface area contributed by atoms with Crippen molar-refractivity contribution in [3.63, 3.8) is 0 Å². The third-order valence-corrected chi connectivity index (χ3v) is 4.89. The van der Waals surface area contributed by atoms with Gasteiger partial charge in [-0.05, 0) is 37.1 Å². The number of nitrogens with zero attached hydrogens (tertiary/aromatic N) is 2. The van der Waals surface area contributed by atoms with Crippen LogP contribution in [-0.4, -0.2) is 42.0 Å². The van der Waals surface area contributed by atoms with Gasteiger partial charge < -0.3 is 10.2 Å². The van der Waals surface area contributed by atoms with Gasteiger partial charge in [-0.1, -0.05) is 42.5 Å². The van der Waals surface area contributed by atoms with E-state index in [0.29, 0.717) is 13.1 Å². The predicted molar refractivity (Wildman–Crippen MR) is 101 cm³/mol. The smallest absolute Gasteiger partial charge is 0.318 e. The third-order valence-electron chi connectivity index (χ3n) is 4.89. The molecule has 2 amide bonds. The lowest BCUT2D eigenvalue weighted by Crippen LogP contribution is -2.54. The summed E-state index contributed by atoms with van der Waals surface area (Å²) in [6.07, 6.45) is 0. The second kappa shape index (κ2) is 7.87. The number of carbonyl (C=O) groups excluding carboxylic acids is 1. The molecule has 0 radical (unpaired) electrons. The highest BCUT2D eigenvalue weighted by Gasteiger charge is 2.27. The zero-order valence-electron chi connectivity index (χ0n) is 15.4. The van der Waals surface area contributed by atoms with Gasteiger partial charge in [0, 0.05) is 32.7 Å². The summed E-state index contributed by atoms with van der Waals surface area (Å²) in [7, 11) is 0. The zero-order chi connectivity index (χ0) is 18.6. The van der Waals surface area contributed by atoms with Crippen LogP contribution in [-0.2, 0) is 12.1 Å². The molecule has 0 atom stereocenters. The van der Waals surface area contributed by atoms with Crippen LogP contribution >= 0.6 is 0 Å². The first-order chi connectivity index (χ1) is 12.4. The number of hydrogen-bond donors (Lipinski definition) is 1. The quantitative estimate of drug-likeness (QED) is 0.910. The van der Waals surface area contributed by atoms with Gasteiger partial charge >= 0.3 is 6.03 Å². The fourth-order valence-electron chi connectivity index (χ4n) is 3.24. The van der Waals surface area contributed by atoms with Crippen LogP contribution in [0, 0.1) is 5.82 Å². The summed E-state index contributed by atoms with van der Waals surface area (Å²) in [5.41, 5.74) is 1.63. The van der Waals surface area contributed by atoms with Crippen molar-refractivity contribution in [2.24, 2.45) is 0 Å². The van der Waals surface area contributed by atoms with Crippen molar-refractivity contribution in [1.82, 2.24) is 15.1 Å².